The highest BCUT2D eigenvalue weighted by atomic mass is 16.5. The van der Waals surface area contributed by atoms with Crippen molar-refractivity contribution < 1.29 is 9.53 Å². The van der Waals surface area contributed by atoms with Crippen LogP contribution in [0.5, 0.6) is 11.5 Å². The van der Waals surface area contributed by atoms with Crippen molar-refractivity contribution in [3.8, 4) is 11.5 Å². The van der Waals surface area contributed by atoms with Crippen LogP contribution in [-0.4, -0.2) is 48.0 Å². The number of para-hydroxylation sites is 1. The first-order valence-electron chi connectivity index (χ1n) is 9.45. The van der Waals surface area contributed by atoms with Crippen molar-refractivity contribution in [3.05, 3.63) is 72.6 Å². The molecule has 0 aliphatic heterocycles. The van der Waals surface area contributed by atoms with Crippen LogP contribution < -0.4 is 15.4 Å². The number of benzene rings is 2. The van der Waals surface area contributed by atoms with Crippen molar-refractivity contribution in [1.29, 1.82) is 0 Å². The van der Waals surface area contributed by atoms with Gasteiger partial charge in [-0.1, -0.05) is 18.2 Å². The van der Waals surface area contributed by atoms with E-state index in [0.29, 0.717) is 18.1 Å². The number of rotatable bonds is 9. The summed E-state index contributed by atoms with van der Waals surface area (Å²) in [5.41, 5.74) is 1.26. The van der Waals surface area contributed by atoms with E-state index in [9.17, 15) is 4.79 Å². The summed E-state index contributed by atoms with van der Waals surface area (Å²) in [6, 6.07) is 17.1. The fourth-order valence-electron chi connectivity index (χ4n) is 2.57. The minimum atomic E-state index is -0.169. The molecular formula is C22H25N5O2. The van der Waals surface area contributed by atoms with E-state index in [1.54, 1.807) is 0 Å². The van der Waals surface area contributed by atoms with E-state index in [-0.39, 0.29) is 5.91 Å². The van der Waals surface area contributed by atoms with Crippen LogP contribution in [0.4, 0.5) is 11.6 Å². The molecule has 0 bridgehead atoms. The van der Waals surface area contributed by atoms with E-state index in [1.165, 1.54) is 12.4 Å². The van der Waals surface area contributed by atoms with Gasteiger partial charge >= 0.3 is 0 Å². The SMILES string of the molecule is CN(C)CCCNC(=O)c1cnc(Nc2ccc(Oc3ccccc3)cc2)nc1. The van der Waals surface area contributed by atoms with Gasteiger partial charge in [0.25, 0.3) is 5.91 Å². The number of aromatic nitrogens is 2. The predicted molar refractivity (Wildman–Crippen MR) is 114 cm³/mol. The summed E-state index contributed by atoms with van der Waals surface area (Å²) < 4.78 is 5.77. The molecule has 0 atom stereocenters. The number of nitrogens with one attached hydrogen (secondary N) is 2. The average Bonchev–Trinajstić information content (AvgIpc) is 2.74. The number of hydrogen-bond acceptors (Lipinski definition) is 6. The molecule has 3 rings (SSSR count). The standard InChI is InChI=1S/C22H25N5O2/c1-27(2)14-6-13-23-21(28)17-15-24-22(25-16-17)26-18-9-11-20(12-10-18)29-19-7-4-3-5-8-19/h3-5,7-12,15-16H,6,13-14H2,1-2H3,(H,23,28)(H,24,25,26). The van der Waals surface area contributed by atoms with Crippen LogP contribution >= 0.6 is 0 Å². The van der Waals surface area contributed by atoms with Gasteiger partial charge in [-0.2, -0.15) is 0 Å². The molecule has 0 saturated heterocycles. The molecule has 2 N–H and O–H groups in total. The third kappa shape index (κ3) is 6.58. The first kappa shape index (κ1) is 20.3. The number of carbonyl (C=O) groups excluding carboxylic acids is 1. The largest absolute Gasteiger partial charge is 0.457 e. The predicted octanol–water partition coefficient (Wildman–Crippen LogP) is 3.69. The Labute approximate surface area is 170 Å². The van der Waals surface area contributed by atoms with Gasteiger partial charge in [-0.05, 0) is 63.5 Å². The van der Waals surface area contributed by atoms with Crippen LogP contribution in [0.3, 0.4) is 0 Å². The molecule has 7 heteroatoms. The van der Waals surface area contributed by atoms with Crippen molar-refractivity contribution >= 4 is 17.5 Å². The van der Waals surface area contributed by atoms with E-state index in [0.717, 1.165) is 30.2 Å². The zero-order valence-corrected chi connectivity index (χ0v) is 16.6. The molecule has 29 heavy (non-hydrogen) atoms. The molecule has 0 saturated carbocycles. The van der Waals surface area contributed by atoms with Gasteiger partial charge < -0.3 is 20.3 Å². The number of nitrogens with zero attached hydrogens (tertiary/aromatic N) is 3. The highest BCUT2D eigenvalue weighted by molar-refractivity contribution is 5.93. The highest BCUT2D eigenvalue weighted by Crippen LogP contribution is 2.23. The Kier molecular flexibility index (Phi) is 7.13. The lowest BCUT2D eigenvalue weighted by molar-refractivity contribution is 0.0951. The summed E-state index contributed by atoms with van der Waals surface area (Å²) in [5, 5.41) is 5.98. The van der Waals surface area contributed by atoms with E-state index in [4.69, 9.17) is 4.74 Å². The number of ether oxygens (including phenoxy) is 1. The van der Waals surface area contributed by atoms with E-state index >= 15 is 0 Å². The molecule has 0 spiro atoms. The quantitative estimate of drug-likeness (QED) is 0.542. The molecule has 1 amide bonds. The fraction of sp³-hybridized carbons (Fsp3) is 0.227. The zero-order valence-electron chi connectivity index (χ0n) is 16.6. The Balaban J connectivity index is 1.51. The molecule has 3 aromatic rings. The van der Waals surface area contributed by atoms with Crippen LogP contribution in [-0.2, 0) is 0 Å². The highest BCUT2D eigenvalue weighted by Gasteiger charge is 2.07. The van der Waals surface area contributed by atoms with Crippen LogP contribution in [0.25, 0.3) is 0 Å². The Morgan fingerprint density at radius 2 is 1.62 bits per heavy atom. The fourth-order valence-corrected chi connectivity index (χ4v) is 2.57. The van der Waals surface area contributed by atoms with Crippen molar-refractivity contribution in [2.75, 3.05) is 32.5 Å². The number of amides is 1. The van der Waals surface area contributed by atoms with Crippen LogP contribution in [0, 0.1) is 0 Å². The van der Waals surface area contributed by atoms with E-state index in [2.05, 4.69) is 25.5 Å². The van der Waals surface area contributed by atoms with Gasteiger partial charge in [0.1, 0.15) is 11.5 Å². The summed E-state index contributed by atoms with van der Waals surface area (Å²) in [7, 11) is 4.01. The summed E-state index contributed by atoms with van der Waals surface area (Å²) in [6.45, 7) is 1.54. The van der Waals surface area contributed by atoms with Crippen molar-refractivity contribution in [3.63, 3.8) is 0 Å². The summed E-state index contributed by atoms with van der Waals surface area (Å²) in [4.78, 5) is 22.6. The topological polar surface area (TPSA) is 79.4 Å². The molecule has 0 aliphatic rings. The normalized spacial score (nSPS) is 10.6. The van der Waals surface area contributed by atoms with Gasteiger partial charge in [0.05, 0.1) is 5.56 Å². The first-order chi connectivity index (χ1) is 14.1. The van der Waals surface area contributed by atoms with Gasteiger partial charge in [-0.15, -0.1) is 0 Å². The molecule has 0 radical (unpaired) electrons. The van der Waals surface area contributed by atoms with E-state index < -0.39 is 0 Å². The third-order valence-electron chi connectivity index (χ3n) is 4.07. The molecule has 150 valence electrons. The van der Waals surface area contributed by atoms with Crippen molar-refractivity contribution in [2.24, 2.45) is 0 Å². The van der Waals surface area contributed by atoms with E-state index in [1.807, 2.05) is 68.7 Å². The Morgan fingerprint density at radius 1 is 0.966 bits per heavy atom. The lowest BCUT2D eigenvalue weighted by atomic mass is 10.3. The van der Waals surface area contributed by atoms with Gasteiger partial charge in [-0.3, -0.25) is 4.79 Å². The van der Waals surface area contributed by atoms with Gasteiger partial charge in [0, 0.05) is 24.6 Å². The lowest BCUT2D eigenvalue weighted by Crippen LogP contribution is -2.27. The Hall–Kier alpha value is -3.45. The van der Waals surface area contributed by atoms with Crippen molar-refractivity contribution in [2.45, 2.75) is 6.42 Å². The summed E-state index contributed by atoms with van der Waals surface area (Å²) in [6.07, 6.45) is 3.93. The minimum Gasteiger partial charge on any atom is -0.457 e. The number of hydrogen-bond donors (Lipinski definition) is 2. The first-order valence-corrected chi connectivity index (χ1v) is 9.45. The van der Waals surface area contributed by atoms with Crippen LogP contribution in [0.1, 0.15) is 16.8 Å². The Morgan fingerprint density at radius 3 is 2.28 bits per heavy atom. The molecule has 2 aromatic carbocycles. The summed E-state index contributed by atoms with van der Waals surface area (Å²) >= 11 is 0. The summed E-state index contributed by atoms with van der Waals surface area (Å²) in [5.74, 6) is 1.78. The van der Waals surface area contributed by atoms with Gasteiger partial charge in [0.15, 0.2) is 0 Å². The zero-order chi connectivity index (χ0) is 20.5. The van der Waals surface area contributed by atoms with Gasteiger partial charge in [0.2, 0.25) is 5.95 Å². The maximum absolute atomic E-state index is 12.1. The Bertz CT molecular complexity index is 897. The minimum absolute atomic E-state index is 0.169. The van der Waals surface area contributed by atoms with Gasteiger partial charge in [-0.25, -0.2) is 9.97 Å². The molecular weight excluding hydrogens is 366 g/mol. The number of carbonyl (C=O) groups is 1. The third-order valence-corrected chi connectivity index (χ3v) is 4.07. The lowest BCUT2D eigenvalue weighted by Gasteiger charge is -2.10. The molecule has 1 aromatic heterocycles. The van der Waals surface area contributed by atoms with Crippen LogP contribution in [0.2, 0.25) is 0 Å². The molecule has 7 nitrogen and oxygen atoms in total. The monoisotopic (exact) mass is 391 g/mol. The second-order valence-electron chi connectivity index (χ2n) is 6.77. The second kappa shape index (κ2) is 10.2. The maximum atomic E-state index is 12.1. The molecule has 0 fully saturated rings. The van der Waals surface area contributed by atoms with Crippen molar-refractivity contribution in [1.82, 2.24) is 20.2 Å². The molecule has 0 aliphatic carbocycles. The molecule has 1 heterocycles. The smallest absolute Gasteiger partial charge is 0.254 e. The average molecular weight is 391 g/mol. The maximum Gasteiger partial charge on any atom is 0.254 e. The van der Waals surface area contributed by atoms with Crippen LogP contribution in [0.15, 0.2) is 67.0 Å². The molecule has 0 unspecified atom stereocenters. The second-order valence-corrected chi connectivity index (χ2v) is 6.77. The number of anilines is 2.